The minimum Gasteiger partial charge on any atom is -0.390 e. The van der Waals surface area contributed by atoms with Crippen molar-refractivity contribution >= 4 is 32.5 Å². The van der Waals surface area contributed by atoms with Crippen molar-refractivity contribution in [2.24, 2.45) is 0 Å². The van der Waals surface area contributed by atoms with Crippen LogP contribution in [-0.4, -0.2) is 0 Å². The number of fused-ring (bicyclic) bond motifs is 1. The molecule has 0 bridgehead atoms. The fourth-order valence-corrected chi connectivity index (χ4v) is 2.38. The molecule has 2 aromatic rings. The van der Waals surface area contributed by atoms with Crippen molar-refractivity contribution < 1.29 is 0 Å². The summed E-state index contributed by atoms with van der Waals surface area (Å²) in [5.74, 6) is 0. The lowest BCUT2D eigenvalue weighted by atomic mass is 10.1. The zero-order valence-electron chi connectivity index (χ0n) is 9.45. The van der Waals surface area contributed by atoms with Crippen molar-refractivity contribution in [3.05, 3.63) is 35.9 Å². The van der Waals surface area contributed by atoms with Crippen LogP contribution in [0.2, 0.25) is 0 Å². The molecule has 2 heteroatoms. The smallest absolute Gasteiger partial charge is 0.0942 e. The van der Waals surface area contributed by atoms with Crippen LogP contribution in [0.3, 0.4) is 0 Å². The topological polar surface area (TPSA) is 26.0 Å². The summed E-state index contributed by atoms with van der Waals surface area (Å²) >= 11 is 1.65. The third-order valence-electron chi connectivity index (χ3n) is 2.00. The van der Waals surface area contributed by atoms with Crippen LogP contribution in [0.4, 0.5) is 5.00 Å². The Hall–Kier alpha value is -1.28. The predicted molar refractivity (Wildman–Crippen MR) is 72.3 cm³/mol. The van der Waals surface area contributed by atoms with Crippen molar-refractivity contribution in [2.75, 3.05) is 5.73 Å². The maximum atomic E-state index is 5.91. The van der Waals surface area contributed by atoms with Gasteiger partial charge in [0.2, 0.25) is 0 Å². The number of nitrogens with two attached hydrogens (primary N) is 1. The van der Waals surface area contributed by atoms with Gasteiger partial charge in [0, 0.05) is 15.6 Å². The maximum absolute atomic E-state index is 5.91. The highest BCUT2D eigenvalue weighted by atomic mass is 32.1. The minimum atomic E-state index is 0.902. The number of hydrogen-bond donors (Lipinski definition) is 1. The number of thiophene rings is 1. The van der Waals surface area contributed by atoms with E-state index in [1.54, 1.807) is 11.3 Å². The van der Waals surface area contributed by atoms with E-state index in [1.807, 2.05) is 39.0 Å². The van der Waals surface area contributed by atoms with E-state index in [1.165, 1.54) is 10.1 Å². The Morgan fingerprint density at radius 2 is 1.87 bits per heavy atom. The Morgan fingerprint density at radius 3 is 2.53 bits per heavy atom. The molecule has 0 spiro atoms. The van der Waals surface area contributed by atoms with Crippen LogP contribution in [0, 0.1) is 0 Å². The first kappa shape index (κ1) is 11.8. The molecule has 0 radical (unpaired) electrons. The van der Waals surface area contributed by atoms with Gasteiger partial charge in [-0.2, -0.15) is 0 Å². The molecule has 15 heavy (non-hydrogen) atoms. The maximum Gasteiger partial charge on any atom is 0.0942 e. The normalized spacial score (nSPS) is 10.3. The van der Waals surface area contributed by atoms with E-state index < -0.39 is 0 Å². The zero-order valence-corrected chi connectivity index (χ0v) is 10.3. The molecule has 1 heterocycles. The van der Waals surface area contributed by atoms with Crippen LogP contribution in [0.1, 0.15) is 26.3 Å². The Kier molecular flexibility index (Phi) is 4.37. The summed E-state index contributed by atoms with van der Waals surface area (Å²) in [5, 5.41) is 2.16. The summed E-state index contributed by atoms with van der Waals surface area (Å²) in [6, 6.07) is 8.29. The summed E-state index contributed by atoms with van der Waals surface area (Å²) in [6.45, 7) is 6.01. The molecule has 1 aromatic heterocycles. The second-order valence-electron chi connectivity index (χ2n) is 2.88. The summed E-state index contributed by atoms with van der Waals surface area (Å²) in [7, 11) is 0. The van der Waals surface area contributed by atoms with E-state index in [4.69, 9.17) is 5.73 Å². The van der Waals surface area contributed by atoms with Crippen molar-refractivity contribution in [1.29, 1.82) is 0 Å². The van der Waals surface area contributed by atoms with E-state index in [0.29, 0.717) is 0 Å². The lowest BCUT2D eigenvalue weighted by molar-refractivity contribution is 1.50. The molecule has 0 saturated heterocycles. The molecule has 1 aromatic carbocycles. The van der Waals surface area contributed by atoms with Crippen LogP contribution in [0.15, 0.2) is 30.3 Å². The molecule has 0 aliphatic heterocycles. The molecule has 0 amide bonds. The SMILES string of the molecule is C/C=C\c1c(N)sc2ccccc12.CC. The molecule has 0 aliphatic rings. The van der Waals surface area contributed by atoms with E-state index in [9.17, 15) is 0 Å². The fraction of sp³-hybridized carbons (Fsp3) is 0.231. The Balaban J connectivity index is 0.000000531. The lowest BCUT2D eigenvalue weighted by Gasteiger charge is -1.91. The number of hydrogen-bond acceptors (Lipinski definition) is 2. The van der Waals surface area contributed by atoms with E-state index in [0.717, 1.165) is 10.6 Å². The largest absolute Gasteiger partial charge is 0.390 e. The highest BCUT2D eigenvalue weighted by molar-refractivity contribution is 7.23. The molecule has 0 fully saturated rings. The number of allylic oxidation sites excluding steroid dienone is 1. The Morgan fingerprint density at radius 1 is 1.20 bits per heavy atom. The van der Waals surface area contributed by atoms with Crippen LogP contribution >= 0.6 is 11.3 Å². The number of nitrogen functional groups attached to an aromatic ring is 1. The molecule has 2 rings (SSSR count). The van der Waals surface area contributed by atoms with Gasteiger partial charge in [0.05, 0.1) is 5.00 Å². The fourth-order valence-electron chi connectivity index (χ4n) is 1.42. The van der Waals surface area contributed by atoms with Crippen LogP contribution in [0.25, 0.3) is 16.2 Å². The highest BCUT2D eigenvalue weighted by Crippen LogP contribution is 2.33. The molecule has 2 N–H and O–H groups in total. The van der Waals surface area contributed by atoms with Gasteiger partial charge in [0.15, 0.2) is 0 Å². The van der Waals surface area contributed by atoms with Gasteiger partial charge < -0.3 is 5.73 Å². The van der Waals surface area contributed by atoms with Gasteiger partial charge in [0.25, 0.3) is 0 Å². The van der Waals surface area contributed by atoms with Crippen molar-refractivity contribution in [3.8, 4) is 0 Å². The summed E-state index contributed by atoms with van der Waals surface area (Å²) in [5.41, 5.74) is 7.06. The molecule has 0 aliphatic carbocycles. The van der Waals surface area contributed by atoms with Crippen LogP contribution in [0.5, 0.6) is 0 Å². The van der Waals surface area contributed by atoms with Crippen LogP contribution < -0.4 is 5.73 Å². The standard InChI is InChI=1S/C11H11NS.C2H6/c1-2-5-9-8-6-3-4-7-10(8)13-11(9)12;1-2/h2-7H,12H2,1H3;1-2H3/b5-2-;. The van der Waals surface area contributed by atoms with Gasteiger partial charge in [0.1, 0.15) is 0 Å². The highest BCUT2D eigenvalue weighted by Gasteiger charge is 2.04. The first-order valence-corrected chi connectivity index (χ1v) is 6.04. The molecule has 0 atom stereocenters. The monoisotopic (exact) mass is 219 g/mol. The van der Waals surface area contributed by atoms with Gasteiger partial charge in [-0.25, -0.2) is 0 Å². The molecule has 0 saturated carbocycles. The lowest BCUT2D eigenvalue weighted by Crippen LogP contribution is -1.80. The Bertz CT molecular complexity index is 455. The summed E-state index contributed by atoms with van der Waals surface area (Å²) < 4.78 is 1.26. The first-order chi connectivity index (χ1) is 7.33. The van der Waals surface area contributed by atoms with Gasteiger partial charge in [-0.3, -0.25) is 0 Å². The third kappa shape index (κ3) is 2.39. The summed E-state index contributed by atoms with van der Waals surface area (Å²) in [4.78, 5) is 0. The predicted octanol–water partition coefficient (Wildman–Crippen LogP) is 4.54. The van der Waals surface area contributed by atoms with E-state index >= 15 is 0 Å². The first-order valence-electron chi connectivity index (χ1n) is 5.22. The van der Waals surface area contributed by atoms with Gasteiger partial charge in [-0.05, 0) is 13.0 Å². The number of rotatable bonds is 1. The molecular formula is C13H17NS. The second-order valence-corrected chi connectivity index (χ2v) is 3.96. The quantitative estimate of drug-likeness (QED) is 0.748. The Labute approximate surface area is 95.2 Å². The van der Waals surface area contributed by atoms with Crippen molar-refractivity contribution in [2.45, 2.75) is 20.8 Å². The van der Waals surface area contributed by atoms with Gasteiger partial charge >= 0.3 is 0 Å². The molecular weight excluding hydrogens is 202 g/mol. The molecule has 0 unspecified atom stereocenters. The van der Waals surface area contributed by atoms with Crippen molar-refractivity contribution in [3.63, 3.8) is 0 Å². The number of anilines is 1. The molecule has 1 nitrogen and oxygen atoms in total. The van der Waals surface area contributed by atoms with E-state index in [-0.39, 0.29) is 0 Å². The zero-order chi connectivity index (χ0) is 11.3. The second kappa shape index (κ2) is 5.56. The van der Waals surface area contributed by atoms with E-state index in [2.05, 4.69) is 18.2 Å². The van der Waals surface area contributed by atoms with Crippen LogP contribution in [-0.2, 0) is 0 Å². The van der Waals surface area contributed by atoms with Gasteiger partial charge in [-0.1, -0.05) is 44.2 Å². The van der Waals surface area contributed by atoms with Gasteiger partial charge in [-0.15, -0.1) is 11.3 Å². The average Bonchev–Trinajstić information content (AvgIpc) is 2.59. The summed E-state index contributed by atoms with van der Waals surface area (Å²) in [6.07, 6.45) is 4.08. The average molecular weight is 219 g/mol. The molecule has 80 valence electrons. The minimum absolute atomic E-state index is 0.902. The van der Waals surface area contributed by atoms with Crippen molar-refractivity contribution in [1.82, 2.24) is 0 Å². The third-order valence-corrected chi connectivity index (χ3v) is 3.01. The number of benzene rings is 1.